The van der Waals surface area contributed by atoms with Crippen LogP contribution in [0.1, 0.15) is 19.7 Å². The number of hydrogen-bond acceptors (Lipinski definition) is 9. The molecule has 20 heavy (non-hydrogen) atoms. The summed E-state index contributed by atoms with van der Waals surface area (Å²) in [6, 6.07) is 0.277. The largest absolute Gasteiger partial charge is 0.461 e. The molecule has 9 heteroatoms. The van der Waals surface area contributed by atoms with Gasteiger partial charge in [-0.25, -0.2) is 0 Å². The van der Waals surface area contributed by atoms with Crippen LogP contribution in [0.2, 0.25) is 0 Å². The maximum absolute atomic E-state index is 5.47. The average molecular weight is 279 g/mol. The van der Waals surface area contributed by atoms with Gasteiger partial charge in [-0.1, -0.05) is 5.16 Å². The Bertz CT molecular complexity index is 530. The molecule has 0 spiro atoms. The highest BCUT2D eigenvalue weighted by molar-refractivity contribution is 5.35. The Morgan fingerprint density at radius 3 is 2.70 bits per heavy atom. The summed E-state index contributed by atoms with van der Waals surface area (Å²) in [5.41, 5.74) is 0. The second-order valence-corrected chi connectivity index (χ2v) is 4.19. The lowest BCUT2D eigenvalue weighted by Gasteiger charge is -2.10. The Labute approximate surface area is 116 Å². The standard InChI is InChI=1S/C11H17N7O2/c1-7(2)19-11-17-9(12-3)16-10(18-11)13-5-4-8-14-6-15-20-8/h6-7H,4-5H2,1-3H3,(H2,12,13,16,17,18). The maximum atomic E-state index is 5.47. The van der Waals surface area contributed by atoms with E-state index in [-0.39, 0.29) is 12.1 Å². The predicted molar refractivity (Wildman–Crippen MR) is 71.6 cm³/mol. The lowest BCUT2D eigenvalue weighted by Crippen LogP contribution is -2.14. The van der Waals surface area contributed by atoms with Crippen LogP contribution in [-0.4, -0.2) is 44.8 Å². The van der Waals surface area contributed by atoms with E-state index in [0.29, 0.717) is 30.8 Å². The number of nitrogens with zero attached hydrogens (tertiary/aromatic N) is 5. The van der Waals surface area contributed by atoms with Crippen LogP contribution in [-0.2, 0) is 6.42 Å². The first-order valence-corrected chi connectivity index (χ1v) is 6.27. The fourth-order valence-electron chi connectivity index (χ4n) is 1.40. The minimum atomic E-state index is -0.00616. The van der Waals surface area contributed by atoms with Gasteiger partial charge in [-0.15, -0.1) is 0 Å². The molecular weight excluding hydrogens is 262 g/mol. The molecule has 0 bridgehead atoms. The molecule has 2 aromatic rings. The molecule has 0 fully saturated rings. The van der Waals surface area contributed by atoms with Gasteiger partial charge in [0.2, 0.25) is 17.8 Å². The zero-order valence-corrected chi connectivity index (χ0v) is 11.6. The van der Waals surface area contributed by atoms with Crippen molar-refractivity contribution in [1.82, 2.24) is 25.1 Å². The maximum Gasteiger partial charge on any atom is 0.323 e. The normalized spacial score (nSPS) is 10.6. The predicted octanol–water partition coefficient (Wildman–Crippen LogP) is 0.738. The molecule has 0 aromatic carbocycles. The molecule has 0 aliphatic carbocycles. The Kier molecular flexibility index (Phi) is 4.64. The third-order valence-corrected chi connectivity index (χ3v) is 2.21. The van der Waals surface area contributed by atoms with E-state index in [1.54, 1.807) is 7.05 Å². The van der Waals surface area contributed by atoms with Crippen LogP contribution >= 0.6 is 0 Å². The van der Waals surface area contributed by atoms with Crippen molar-refractivity contribution in [2.45, 2.75) is 26.4 Å². The van der Waals surface area contributed by atoms with Gasteiger partial charge in [0.1, 0.15) is 0 Å². The summed E-state index contributed by atoms with van der Waals surface area (Å²) in [5.74, 6) is 1.43. The van der Waals surface area contributed by atoms with E-state index in [4.69, 9.17) is 9.26 Å². The van der Waals surface area contributed by atoms with Gasteiger partial charge in [-0.2, -0.15) is 19.9 Å². The molecule has 0 atom stereocenters. The fraction of sp³-hybridized carbons (Fsp3) is 0.545. The van der Waals surface area contributed by atoms with Gasteiger partial charge in [-0.3, -0.25) is 0 Å². The highest BCUT2D eigenvalue weighted by Crippen LogP contribution is 2.12. The van der Waals surface area contributed by atoms with Crippen molar-refractivity contribution in [1.29, 1.82) is 0 Å². The highest BCUT2D eigenvalue weighted by Gasteiger charge is 2.08. The quantitative estimate of drug-likeness (QED) is 0.757. The van der Waals surface area contributed by atoms with Crippen LogP contribution in [0.5, 0.6) is 6.01 Å². The zero-order chi connectivity index (χ0) is 14.4. The van der Waals surface area contributed by atoms with Crippen molar-refractivity contribution in [3.63, 3.8) is 0 Å². The van der Waals surface area contributed by atoms with E-state index < -0.39 is 0 Å². The molecule has 0 aliphatic rings. The molecule has 9 nitrogen and oxygen atoms in total. The van der Waals surface area contributed by atoms with E-state index in [2.05, 4.69) is 35.7 Å². The Morgan fingerprint density at radius 1 is 1.25 bits per heavy atom. The number of rotatable bonds is 7. The molecule has 0 aliphatic heterocycles. The Balaban J connectivity index is 1.98. The highest BCUT2D eigenvalue weighted by atomic mass is 16.5. The summed E-state index contributed by atoms with van der Waals surface area (Å²) in [5, 5.41) is 9.46. The van der Waals surface area contributed by atoms with Crippen molar-refractivity contribution in [3.8, 4) is 6.01 Å². The number of ether oxygens (including phenoxy) is 1. The minimum absolute atomic E-state index is 0.00616. The number of nitrogens with one attached hydrogen (secondary N) is 2. The third kappa shape index (κ3) is 4.04. The first-order chi connectivity index (χ1) is 9.67. The topological polar surface area (TPSA) is 111 Å². The summed E-state index contributed by atoms with van der Waals surface area (Å²) in [6.45, 7) is 4.38. The second kappa shape index (κ2) is 6.64. The Hall–Kier alpha value is -2.45. The van der Waals surface area contributed by atoms with Crippen molar-refractivity contribution < 1.29 is 9.26 Å². The van der Waals surface area contributed by atoms with E-state index in [1.165, 1.54) is 6.33 Å². The minimum Gasteiger partial charge on any atom is -0.461 e. The van der Waals surface area contributed by atoms with Crippen LogP contribution in [0, 0.1) is 0 Å². The SMILES string of the molecule is CNc1nc(NCCc2ncno2)nc(OC(C)C)n1. The molecular formula is C11H17N7O2. The third-order valence-electron chi connectivity index (χ3n) is 2.21. The fourth-order valence-corrected chi connectivity index (χ4v) is 1.40. The van der Waals surface area contributed by atoms with Crippen molar-refractivity contribution in [2.24, 2.45) is 0 Å². The van der Waals surface area contributed by atoms with Gasteiger partial charge in [0.05, 0.1) is 6.10 Å². The van der Waals surface area contributed by atoms with Gasteiger partial charge in [0.15, 0.2) is 6.33 Å². The molecule has 0 saturated heterocycles. The average Bonchev–Trinajstić information content (AvgIpc) is 2.91. The number of anilines is 2. The van der Waals surface area contributed by atoms with E-state index in [9.17, 15) is 0 Å². The van der Waals surface area contributed by atoms with E-state index in [1.807, 2.05) is 13.8 Å². The van der Waals surface area contributed by atoms with Gasteiger partial charge in [0, 0.05) is 20.0 Å². The van der Waals surface area contributed by atoms with Crippen molar-refractivity contribution in [3.05, 3.63) is 12.2 Å². The summed E-state index contributed by atoms with van der Waals surface area (Å²) >= 11 is 0. The first kappa shape index (κ1) is 14.0. The van der Waals surface area contributed by atoms with Crippen molar-refractivity contribution in [2.75, 3.05) is 24.2 Å². The van der Waals surface area contributed by atoms with Gasteiger partial charge in [-0.05, 0) is 13.8 Å². The van der Waals surface area contributed by atoms with Crippen LogP contribution in [0.15, 0.2) is 10.9 Å². The lowest BCUT2D eigenvalue weighted by molar-refractivity contribution is 0.222. The first-order valence-electron chi connectivity index (χ1n) is 6.27. The molecule has 0 radical (unpaired) electrons. The van der Waals surface area contributed by atoms with Gasteiger partial charge >= 0.3 is 6.01 Å². The number of aromatic nitrogens is 5. The van der Waals surface area contributed by atoms with E-state index in [0.717, 1.165) is 0 Å². The smallest absolute Gasteiger partial charge is 0.323 e. The van der Waals surface area contributed by atoms with Crippen LogP contribution in [0.3, 0.4) is 0 Å². The summed E-state index contributed by atoms with van der Waals surface area (Å²) in [7, 11) is 1.73. The van der Waals surface area contributed by atoms with Crippen molar-refractivity contribution >= 4 is 11.9 Å². The van der Waals surface area contributed by atoms with Crippen LogP contribution < -0.4 is 15.4 Å². The van der Waals surface area contributed by atoms with Crippen LogP contribution in [0.4, 0.5) is 11.9 Å². The molecule has 0 amide bonds. The molecule has 0 saturated carbocycles. The molecule has 2 N–H and O–H groups in total. The van der Waals surface area contributed by atoms with Crippen LogP contribution in [0.25, 0.3) is 0 Å². The summed E-state index contributed by atoms with van der Waals surface area (Å²) in [6.07, 6.45) is 1.95. The summed E-state index contributed by atoms with van der Waals surface area (Å²) in [4.78, 5) is 16.4. The molecule has 2 rings (SSSR count). The Morgan fingerprint density at radius 2 is 2.05 bits per heavy atom. The summed E-state index contributed by atoms with van der Waals surface area (Å²) < 4.78 is 10.4. The lowest BCUT2D eigenvalue weighted by atomic mass is 10.4. The molecule has 0 unspecified atom stereocenters. The van der Waals surface area contributed by atoms with Gasteiger partial charge in [0.25, 0.3) is 0 Å². The number of hydrogen-bond donors (Lipinski definition) is 2. The zero-order valence-electron chi connectivity index (χ0n) is 11.6. The van der Waals surface area contributed by atoms with E-state index >= 15 is 0 Å². The molecule has 2 aromatic heterocycles. The molecule has 108 valence electrons. The monoisotopic (exact) mass is 279 g/mol. The second-order valence-electron chi connectivity index (χ2n) is 4.19. The molecule has 2 heterocycles. The van der Waals surface area contributed by atoms with Gasteiger partial charge < -0.3 is 19.9 Å².